The summed E-state index contributed by atoms with van der Waals surface area (Å²) in [4.78, 5) is 24.9. The molecule has 0 aliphatic carbocycles. The number of rotatable bonds is 7. The van der Waals surface area contributed by atoms with Crippen molar-refractivity contribution in [3.8, 4) is 22.6 Å². The standard InChI is InChI=1S/C26H21FN4OS/c27-18-12-13-21-20(15-18)19(25(29-21)22-10-4-5-14-28-22)9-6-11-24(32)31-26-30-23(16-33-26)17-7-2-1-3-8-17/h1-5,7-8,10,12-16,29H,6,9,11H2,(H,30,31,32). The number of halogens is 1. The number of carbonyl (C=O) groups is 1. The van der Waals surface area contributed by atoms with Crippen molar-refractivity contribution >= 4 is 33.3 Å². The van der Waals surface area contributed by atoms with Gasteiger partial charge in [0.2, 0.25) is 5.91 Å². The average molecular weight is 457 g/mol. The summed E-state index contributed by atoms with van der Waals surface area (Å²) in [6.07, 6.45) is 3.31. The smallest absolute Gasteiger partial charge is 0.226 e. The lowest BCUT2D eigenvalue weighted by molar-refractivity contribution is -0.116. The van der Waals surface area contributed by atoms with Gasteiger partial charge in [0.05, 0.1) is 17.1 Å². The normalized spacial score (nSPS) is 11.1. The lowest BCUT2D eigenvalue weighted by atomic mass is 10.0. The summed E-state index contributed by atoms with van der Waals surface area (Å²) in [5, 5.41) is 6.24. The number of thiazole rings is 1. The molecule has 0 aliphatic rings. The molecule has 0 bridgehead atoms. The molecular weight excluding hydrogens is 435 g/mol. The summed E-state index contributed by atoms with van der Waals surface area (Å²) in [6, 6.07) is 20.3. The van der Waals surface area contributed by atoms with Crippen molar-refractivity contribution in [3.63, 3.8) is 0 Å². The van der Waals surface area contributed by atoms with E-state index >= 15 is 0 Å². The Morgan fingerprint density at radius 1 is 1.03 bits per heavy atom. The third-order valence-corrected chi connectivity index (χ3v) is 6.20. The van der Waals surface area contributed by atoms with Gasteiger partial charge in [-0.3, -0.25) is 9.78 Å². The van der Waals surface area contributed by atoms with Crippen molar-refractivity contribution < 1.29 is 9.18 Å². The Kier molecular flexibility index (Phi) is 5.95. The molecule has 2 N–H and O–H groups in total. The SMILES string of the molecule is O=C(CCCc1c(-c2ccccn2)[nH]c2ccc(F)cc12)Nc1nc(-c2ccccc2)cs1. The summed E-state index contributed by atoms with van der Waals surface area (Å²) >= 11 is 1.41. The third-order valence-electron chi connectivity index (χ3n) is 5.44. The predicted molar refractivity (Wildman–Crippen MR) is 131 cm³/mol. The lowest BCUT2D eigenvalue weighted by Crippen LogP contribution is -2.11. The first-order chi connectivity index (χ1) is 16.2. The maximum Gasteiger partial charge on any atom is 0.226 e. The van der Waals surface area contributed by atoms with Crippen LogP contribution in [0.5, 0.6) is 0 Å². The summed E-state index contributed by atoms with van der Waals surface area (Å²) in [6.45, 7) is 0. The van der Waals surface area contributed by atoms with Gasteiger partial charge in [-0.1, -0.05) is 36.4 Å². The molecule has 0 spiro atoms. The Labute approximate surface area is 194 Å². The first-order valence-electron chi connectivity index (χ1n) is 10.7. The summed E-state index contributed by atoms with van der Waals surface area (Å²) < 4.78 is 13.9. The first-order valence-corrected chi connectivity index (χ1v) is 11.6. The highest BCUT2D eigenvalue weighted by atomic mass is 32.1. The maximum absolute atomic E-state index is 13.9. The molecule has 7 heteroatoms. The number of hydrogen-bond acceptors (Lipinski definition) is 4. The zero-order valence-electron chi connectivity index (χ0n) is 17.7. The summed E-state index contributed by atoms with van der Waals surface area (Å²) in [7, 11) is 0. The van der Waals surface area contributed by atoms with E-state index in [0.29, 0.717) is 24.4 Å². The molecule has 0 aliphatic heterocycles. The molecule has 0 unspecified atom stereocenters. The van der Waals surface area contributed by atoms with Gasteiger partial charge in [0.1, 0.15) is 5.82 Å². The number of benzene rings is 2. The topological polar surface area (TPSA) is 70.7 Å². The Bertz CT molecular complexity index is 1400. The van der Waals surface area contributed by atoms with Crippen LogP contribution in [0.15, 0.2) is 78.3 Å². The van der Waals surface area contributed by atoms with Gasteiger partial charge in [0.25, 0.3) is 0 Å². The van der Waals surface area contributed by atoms with Crippen LogP contribution in [0.1, 0.15) is 18.4 Å². The van der Waals surface area contributed by atoms with Gasteiger partial charge in [0, 0.05) is 34.5 Å². The van der Waals surface area contributed by atoms with E-state index in [1.165, 1.54) is 23.5 Å². The number of aromatic amines is 1. The molecule has 3 aromatic heterocycles. The minimum absolute atomic E-state index is 0.0885. The molecule has 5 nitrogen and oxygen atoms in total. The number of fused-ring (bicyclic) bond motifs is 1. The fourth-order valence-corrected chi connectivity index (χ4v) is 4.62. The van der Waals surface area contributed by atoms with Crippen molar-refractivity contribution in [1.82, 2.24) is 15.0 Å². The maximum atomic E-state index is 13.9. The highest BCUT2D eigenvalue weighted by molar-refractivity contribution is 7.14. The van der Waals surface area contributed by atoms with E-state index in [2.05, 4.69) is 20.3 Å². The second-order valence-corrected chi connectivity index (χ2v) is 8.55. The largest absolute Gasteiger partial charge is 0.353 e. The van der Waals surface area contributed by atoms with Gasteiger partial charge >= 0.3 is 0 Å². The van der Waals surface area contributed by atoms with E-state index in [-0.39, 0.29) is 11.7 Å². The van der Waals surface area contributed by atoms with Gasteiger partial charge < -0.3 is 10.3 Å². The van der Waals surface area contributed by atoms with E-state index in [1.807, 2.05) is 53.9 Å². The van der Waals surface area contributed by atoms with Crippen LogP contribution in [0.3, 0.4) is 0 Å². The number of anilines is 1. The van der Waals surface area contributed by atoms with Crippen LogP contribution < -0.4 is 5.32 Å². The fraction of sp³-hybridized carbons (Fsp3) is 0.115. The van der Waals surface area contributed by atoms with Crippen molar-refractivity contribution in [2.45, 2.75) is 19.3 Å². The minimum atomic E-state index is -0.286. The predicted octanol–water partition coefficient (Wildman–Crippen LogP) is 6.45. The fourth-order valence-electron chi connectivity index (χ4n) is 3.89. The highest BCUT2D eigenvalue weighted by Crippen LogP contribution is 2.31. The molecule has 0 fully saturated rings. The van der Waals surface area contributed by atoms with E-state index in [1.54, 1.807) is 12.3 Å². The monoisotopic (exact) mass is 456 g/mol. The lowest BCUT2D eigenvalue weighted by Gasteiger charge is -2.05. The Hall–Kier alpha value is -3.84. The number of pyridine rings is 1. The number of amides is 1. The van der Waals surface area contributed by atoms with Crippen LogP contribution >= 0.6 is 11.3 Å². The first kappa shape index (κ1) is 21.0. The number of nitrogens with zero attached hydrogens (tertiary/aromatic N) is 2. The second-order valence-electron chi connectivity index (χ2n) is 7.69. The summed E-state index contributed by atoms with van der Waals surface area (Å²) in [5.41, 5.74) is 5.35. The molecule has 0 radical (unpaired) electrons. The number of H-pyrrole nitrogens is 1. The molecule has 0 atom stereocenters. The number of aromatic nitrogens is 3. The quantitative estimate of drug-likeness (QED) is 0.295. The zero-order valence-corrected chi connectivity index (χ0v) is 18.5. The third kappa shape index (κ3) is 4.68. The van der Waals surface area contributed by atoms with E-state index in [9.17, 15) is 9.18 Å². The van der Waals surface area contributed by atoms with Crippen LogP contribution in [-0.4, -0.2) is 20.9 Å². The molecule has 1 amide bonds. The van der Waals surface area contributed by atoms with Gasteiger partial charge in [-0.15, -0.1) is 11.3 Å². The number of nitrogens with one attached hydrogen (secondary N) is 2. The van der Waals surface area contributed by atoms with Crippen molar-refractivity contribution in [2.75, 3.05) is 5.32 Å². The number of carbonyl (C=O) groups excluding carboxylic acids is 1. The molecule has 0 saturated heterocycles. The van der Waals surface area contributed by atoms with Crippen LogP contribution in [0.4, 0.5) is 9.52 Å². The molecule has 0 saturated carbocycles. The van der Waals surface area contributed by atoms with E-state index in [0.717, 1.165) is 39.1 Å². The zero-order chi connectivity index (χ0) is 22.6. The van der Waals surface area contributed by atoms with Crippen molar-refractivity contribution in [3.05, 3.63) is 89.7 Å². The Balaban J connectivity index is 1.28. The Morgan fingerprint density at radius 2 is 1.88 bits per heavy atom. The molecule has 33 heavy (non-hydrogen) atoms. The average Bonchev–Trinajstić information content (AvgIpc) is 3.45. The van der Waals surface area contributed by atoms with E-state index < -0.39 is 0 Å². The van der Waals surface area contributed by atoms with Crippen molar-refractivity contribution in [2.24, 2.45) is 0 Å². The molecule has 3 heterocycles. The van der Waals surface area contributed by atoms with Gasteiger partial charge in [0.15, 0.2) is 5.13 Å². The number of aryl methyl sites for hydroxylation is 1. The summed E-state index contributed by atoms with van der Waals surface area (Å²) in [5.74, 6) is -0.375. The molecule has 5 rings (SSSR count). The minimum Gasteiger partial charge on any atom is -0.353 e. The number of hydrogen-bond donors (Lipinski definition) is 2. The second kappa shape index (κ2) is 9.34. The highest BCUT2D eigenvalue weighted by Gasteiger charge is 2.15. The molecule has 2 aromatic carbocycles. The molecule has 164 valence electrons. The van der Waals surface area contributed by atoms with Crippen LogP contribution in [0, 0.1) is 5.82 Å². The van der Waals surface area contributed by atoms with Crippen LogP contribution in [0.2, 0.25) is 0 Å². The van der Waals surface area contributed by atoms with Crippen LogP contribution in [-0.2, 0) is 11.2 Å². The van der Waals surface area contributed by atoms with Gasteiger partial charge in [-0.05, 0) is 48.7 Å². The van der Waals surface area contributed by atoms with Gasteiger partial charge in [-0.2, -0.15) is 0 Å². The van der Waals surface area contributed by atoms with E-state index in [4.69, 9.17) is 0 Å². The Morgan fingerprint density at radius 3 is 2.70 bits per heavy atom. The van der Waals surface area contributed by atoms with Crippen LogP contribution in [0.25, 0.3) is 33.5 Å². The van der Waals surface area contributed by atoms with Gasteiger partial charge in [-0.25, -0.2) is 9.37 Å². The molecular formula is C26H21FN4OS. The van der Waals surface area contributed by atoms with Crippen molar-refractivity contribution in [1.29, 1.82) is 0 Å². The molecule has 5 aromatic rings.